The lowest BCUT2D eigenvalue weighted by Gasteiger charge is -2.36. The van der Waals surface area contributed by atoms with E-state index in [0.29, 0.717) is 43.9 Å². The summed E-state index contributed by atoms with van der Waals surface area (Å²) < 4.78 is 6.87. The fourth-order valence-corrected chi connectivity index (χ4v) is 3.94. The van der Waals surface area contributed by atoms with Crippen LogP contribution in [0.25, 0.3) is 11.0 Å². The van der Waals surface area contributed by atoms with Crippen LogP contribution in [-0.4, -0.2) is 58.6 Å². The first-order valence-corrected chi connectivity index (χ1v) is 10.3. The van der Waals surface area contributed by atoms with Crippen LogP contribution in [0.15, 0.2) is 46.1 Å². The van der Waals surface area contributed by atoms with Crippen molar-refractivity contribution in [3.8, 4) is 5.75 Å². The first-order chi connectivity index (χ1) is 15.0. The Balaban J connectivity index is 1.55. The number of aromatic amines is 1. The van der Waals surface area contributed by atoms with Gasteiger partial charge in [-0.3, -0.25) is 19.1 Å². The number of anilines is 1. The number of rotatable bonds is 5. The molecule has 0 atom stereocenters. The fourth-order valence-electron chi connectivity index (χ4n) is 3.94. The van der Waals surface area contributed by atoms with Crippen molar-refractivity contribution in [1.29, 1.82) is 0 Å². The number of piperazine rings is 1. The second kappa shape index (κ2) is 8.63. The van der Waals surface area contributed by atoms with Crippen molar-refractivity contribution in [3.05, 3.63) is 62.9 Å². The molecule has 4 rings (SSSR count). The lowest BCUT2D eigenvalue weighted by molar-refractivity contribution is 0.0746. The molecule has 1 aliphatic rings. The Morgan fingerprint density at radius 3 is 2.61 bits per heavy atom. The first-order valence-electron chi connectivity index (χ1n) is 10.3. The number of fused-ring (bicyclic) bond motifs is 1. The first kappa shape index (κ1) is 20.6. The Bertz CT molecular complexity index is 1220. The summed E-state index contributed by atoms with van der Waals surface area (Å²) in [6.45, 7) is 4.80. The molecular weight excluding hydrogens is 398 g/mol. The van der Waals surface area contributed by atoms with Crippen LogP contribution in [0.5, 0.6) is 5.75 Å². The monoisotopic (exact) mass is 423 g/mol. The van der Waals surface area contributed by atoms with Crippen LogP contribution in [-0.2, 0) is 6.54 Å². The number of para-hydroxylation sites is 2. The summed E-state index contributed by atoms with van der Waals surface area (Å²) in [5.74, 6) is 0.625. The Kier molecular flexibility index (Phi) is 5.75. The molecule has 9 heteroatoms. The van der Waals surface area contributed by atoms with Crippen LogP contribution in [0.1, 0.15) is 23.7 Å². The molecule has 1 saturated heterocycles. The molecular formula is C22H25N5O4. The van der Waals surface area contributed by atoms with Gasteiger partial charge in [0.25, 0.3) is 11.5 Å². The Morgan fingerprint density at radius 1 is 1.16 bits per heavy atom. The number of ether oxygens (including phenoxy) is 1. The lowest BCUT2D eigenvalue weighted by Crippen LogP contribution is -2.49. The molecule has 0 bridgehead atoms. The number of carbonyl (C=O) groups is 1. The molecule has 162 valence electrons. The summed E-state index contributed by atoms with van der Waals surface area (Å²) in [6.07, 6.45) is 2.17. The van der Waals surface area contributed by atoms with Gasteiger partial charge in [0.15, 0.2) is 0 Å². The van der Waals surface area contributed by atoms with Gasteiger partial charge in [-0.1, -0.05) is 19.1 Å². The zero-order valence-corrected chi connectivity index (χ0v) is 17.6. The molecule has 1 fully saturated rings. The number of hydrogen-bond donors (Lipinski definition) is 1. The minimum absolute atomic E-state index is 0.179. The third kappa shape index (κ3) is 3.90. The topological polar surface area (TPSA) is 101 Å². The minimum atomic E-state index is -0.532. The highest BCUT2D eigenvalue weighted by molar-refractivity contribution is 5.96. The number of amides is 1. The van der Waals surface area contributed by atoms with Gasteiger partial charge in [-0.2, -0.15) is 0 Å². The van der Waals surface area contributed by atoms with E-state index in [-0.39, 0.29) is 11.3 Å². The third-order valence-corrected chi connectivity index (χ3v) is 5.52. The number of H-pyrrole nitrogens is 1. The Hall–Kier alpha value is -3.62. The van der Waals surface area contributed by atoms with E-state index in [1.165, 1.54) is 16.8 Å². The van der Waals surface area contributed by atoms with Crippen LogP contribution < -0.4 is 20.9 Å². The number of nitrogens with one attached hydrogen (secondary N) is 1. The van der Waals surface area contributed by atoms with Crippen LogP contribution in [0.4, 0.5) is 5.69 Å². The highest BCUT2D eigenvalue weighted by atomic mass is 16.5. The average molecular weight is 423 g/mol. The number of methoxy groups -OCH3 is 1. The largest absolute Gasteiger partial charge is 0.495 e. The third-order valence-electron chi connectivity index (χ3n) is 5.52. The molecule has 0 saturated carbocycles. The van der Waals surface area contributed by atoms with Crippen molar-refractivity contribution < 1.29 is 9.53 Å². The van der Waals surface area contributed by atoms with Crippen molar-refractivity contribution in [3.63, 3.8) is 0 Å². The van der Waals surface area contributed by atoms with Crippen molar-refractivity contribution in [1.82, 2.24) is 19.4 Å². The summed E-state index contributed by atoms with van der Waals surface area (Å²) in [5.41, 5.74) is 0.623. The number of aromatic nitrogens is 3. The summed E-state index contributed by atoms with van der Waals surface area (Å²) in [4.78, 5) is 48.0. The predicted octanol–water partition coefficient (Wildman–Crippen LogP) is 1.47. The van der Waals surface area contributed by atoms with Gasteiger partial charge in [0.05, 0.1) is 23.7 Å². The summed E-state index contributed by atoms with van der Waals surface area (Å²) in [7, 11) is 1.65. The van der Waals surface area contributed by atoms with Crippen LogP contribution in [0.3, 0.4) is 0 Å². The minimum Gasteiger partial charge on any atom is -0.495 e. The molecule has 1 aliphatic heterocycles. The second-order valence-electron chi connectivity index (χ2n) is 7.46. The molecule has 2 aromatic heterocycles. The van der Waals surface area contributed by atoms with Gasteiger partial charge in [-0.25, -0.2) is 9.78 Å². The molecule has 0 spiro atoms. The van der Waals surface area contributed by atoms with Gasteiger partial charge in [-0.15, -0.1) is 0 Å². The van der Waals surface area contributed by atoms with E-state index in [4.69, 9.17) is 4.74 Å². The van der Waals surface area contributed by atoms with Crippen molar-refractivity contribution in [2.45, 2.75) is 19.9 Å². The average Bonchev–Trinajstić information content (AvgIpc) is 2.81. The standard InChI is InChI=1S/C22H25N5O4/c1-3-8-27-19-16(20(28)24-22(27)30)13-15(14-23-19)21(29)26-11-9-25(10-12-26)17-6-4-5-7-18(17)31-2/h4-7,13-14H,3,8-12H2,1-2H3,(H,24,28,30). The quantitative estimate of drug-likeness (QED) is 0.667. The van der Waals surface area contributed by atoms with Gasteiger partial charge in [-0.05, 0) is 24.6 Å². The van der Waals surface area contributed by atoms with Crippen molar-refractivity contribution in [2.75, 3.05) is 38.2 Å². The second-order valence-corrected chi connectivity index (χ2v) is 7.46. The van der Waals surface area contributed by atoms with Crippen LogP contribution >= 0.6 is 0 Å². The van der Waals surface area contributed by atoms with Gasteiger partial charge in [0, 0.05) is 38.9 Å². The molecule has 31 heavy (non-hydrogen) atoms. The zero-order valence-electron chi connectivity index (χ0n) is 17.6. The van der Waals surface area contributed by atoms with E-state index < -0.39 is 11.2 Å². The highest BCUT2D eigenvalue weighted by Crippen LogP contribution is 2.28. The molecule has 3 heterocycles. The Morgan fingerprint density at radius 2 is 1.90 bits per heavy atom. The smallest absolute Gasteiger partial charge is 0.329 e. The van der Waals surface area contributed by atoms with E-state index in [2.05, 4.69) is 14.9 Å². The Labute approximate surface area is 178 Å². The number of nitrogens with zero attached hydrogens (tertiary/aromatic N) is 4. The molecule has 3 aromatic rings. The zero-order chi connectivity index (χ0) is 22.0. The number of benzene rings is 1. The maximum Gasteiger partial charge on any atom is 0.329 e. The van der Waals surface area contributed by atoms with E-state index in [9.17, 15) is 14.4 Å². The molecule has 0 aliphatic carbocycles. The van der Waals surface area contributed by atoms with Crippen LogP contribution in [0.2, 0.25) is 0 Å². The van der Waals surface area contributed by atoms with Crippen molar-refractivity contribution in [2.24, 2.45) is 0 Å². The maximum atomic E-state index is 13.1. The molecule has 0 radical (unpaired) electrons. The van der Waals surface area contributed by atoms with Gasteiger partial charge in [0.1, 0.15) is 11.4 Å². The van der Waals surface area contributed by atoms with Gasteiger partial charge >= 0.3 is 5.69 Å². The lowest BCUT2D eigenvalue weighted by atomic mass is 10.1. The number of hydrogen-bond acceptors (Lipinski definition) is 6. The highest BCUT2D eigenvalue weighted by Gasteiger charge is 2.24. The van der Waals surface area contributed by atoms with E-state index in [0.717, 1.165) is 17.9 Å². The molecule has 1 amide bonds. The van der Waals surface area contributed by atoms with Gasteiger partial charge < -0.3 is 14.5 Å². The molecule has 1 aromatic carbocycles. The summed E-state index contributed by atoms with van der Waals surface area (Å²) in [6, 6.07) is 9.35. The summed E-state index contributed by atoms with van der Waals surface area (Å²) >= 11 is 0. The maximum absolute atomic E-state index is 13.1. The van der Waals surface area contributed by atoms with Crippen LogP contribution in [0, 0.1) is 0 Å². The van der Waals surface area contributed by atoms with Gasteiger partial charge in [0.2, 0.25) is 0 Å². The normalized spacial score (nSPS) is 14.1. The predicted molar refractivity (Wildman–Crippen MR) is 118 cm³/mol. The number of aryl methyl sites for hydroxylation is 1. The number of carbonyl (C=O) groups excluding carboxylic acids is 1. The summed E-state index contributed by atoms with van der Waals surface area (Å²) in [5, 5.41) is 0.242. The van der Waals surface area contributed by atoms with E-state index in [1.54, 1.807) is 12.0 Å². The molecule has 1 N–H and O–H groups in total. The van der Waals surface area contributed by atoms with E-state index in [1.807, 2.05) is 31.2 Å². The molecule has 9 nitrogen and oxygen atoms in total. The fraction of sp³-hybridized carbons (Fsp3) is 0.364. The SMILES string of the molecule is CCCn1c(=O)[nH]c(=O)c2cc(C(=O)N3CCN(c4ccccc4OC)CC3)cnc21. The molecule has 0 unspecified atom stereocenters. The van der Waals surface area contributed by atoms with E-state index >= 15 is 0 Å². The number of pyridine rings is 1. The van der Waals surface area contributed by atoms with Crippen molar-refractivity contribution >= 4 is 22.6 Å².